The first-order valence-electron chi connectivity index (χ1n) is 23.8. The number of rotatable bonds is 12. The Morgan fingerprint density at radius 3 is 1.63 bits per heavy atom. The van der Waals surface area contributed by atoms with Crippen LogP contribution in [0.1, 0.15) is 127 Å². The molecule has 0 radical (unpaired) electrons. The zero-order valence-corrected chi connectivity index (χ0v) is 38.7. The van der Waals surface area contributed by atoms with Gasteiger partial charge in [0.05, 0.1) is 22.7 Å². The van der Waals surface area contributed by atoms with E-state index in [-0.39, 0.29) is 11.3 Å². The molecule has 6 nitrogen and oxygen atoms in total. The average molecular weight is 835 g/mol. The molecule has 0 saturated carbocycles. The number of nitrogens with zero attached hydrogens (tertiary/aromatic N) is 6. The first-order chi connectivity index (χ1) is 30.6. The minimum Gasteiger partial charge on any atom is -0.370 e. The summed E-state index contributed by atoms with van der Waals surface area (Å²) in [5.41, 5.74) is 15.0. The molecule has 1 unspecified atom stereocenters. The Labute approximate surface area is 376 Å². The van der Waals surface area contributed by atoms with Crippen molar-refractivity contribution in [1.82, 2.24) is 19.1 Å². The Hall–Kier alpha value is -5.88. The molecule has 2 aromatic heterocycles. The summed E-state index contributed by atoms with van der Waals surface area (Å²) in [5.74, 6) is 2.78. The Kier molecular flexibility index (Phi) is 12.2. The maximum Gasteiger partial charge on any atom is 0.144 e. The molecule has 9 rings (SSSR count). The summed E-state index contributed by atoms with van der Waals surface area (Å²) in [6, 6.07) is 40.7. The third-order valence-corrected chi connectivity index (χ3v) is 14.3. The highest BCUT2D eigenvalue weighted by Crippen LogP contribution is 2.47. The number of aromatic nitrogens is 4. The summed E-state index contributed by atoms with van der Waals surface area (Å²) >= 11 is 0. The molecule has 1 atom stereocenters. The van der Waals surface area contributed by atoms with Crippen molar-refractivity contribution >= 4 is 11.4 Å². The molecule has 0 N–H and O–H groups in total. The molecule has 324 valence electrons. The molecule has 0 amide bonds. The van der Waals surface area contributed by atoms with Crippen molar-refractivity contribution in [2.24, 2.45) is 0 Å². The Balaban J connectivity index is 1.15. The normalized spacial score (nSPS) is 15.4. The minimum atomic E-state index is -0.284. The average Bonchev–Trinajstić information content (AvgIpc) is 4.02. The molecule has 2 aliphatic rings. The first kappa shape index (κ1) is 42.4. The van der Waals surface area contributed by atoms with E-state index in [1.165, 1.54) is 106 Å². The number of benzene rings is 5. The Morgan fingerprint density at radius 2 is 1.00 bits per heavy atom. The topological polar surface area (TPSA) is 42.1 Å². The van der Waals surface area contributed by atoms with E-state index in [2.05, 4.69) is 189 Å². The van der Waals surface area contributed by atoms with Crippen LogP contribution in [0.2, 0.25) is 0 Å². The number of hydrogen-bond acceptors (Lipinski definition) is 4. The van der Waals surface area contributed by atoms with Gasteiger partial charge in [0.25, 0.3) is 0 Å². The predicted molar refractivity (Wildman–Crippen MR) is 265 cm³/mol. The Bertz CT molecular complexity index is 2650. The van der Waals surface area contributed by atoms with Gasteiger partial charge in [-0.3, -0.25) is 9.13 Å². The van der Waals surface area contributed by atoms with Crippen molar-refractivity contribution in [3.63, 3.8) is 0 Å². The van der Waals surface area contributed by atoms with Gasteiger partial charge >= 0.3 is 0 Å². The van der Waals surface area contributed by atoms with Gasteiger partial charge in [0.2, 0.25) is 0 Å². The molecule has 7 aromatic rings. The van der Waals surface area contributed by atoms with Crippen molar-refractivity contribution < 1.29 is 0 Å². The van der Waals surface area contributed by atoms with Crippen LogP contribution in [0.5, 0.6) is 0 Å². The molecule has 6 heteroatoms. The second-order valence-corrected chi connectivity index (χ2v) is 19.2. The van der Waals surface area contributed by atoms with Gasteiger partial charge in [0.15, 0.2) is 0 Å². The molecular weight excluding hydrogens is 769 g/mol. The van der Waals surface area contributed by atoms with Gasteiger partial charge in [0.1, 0.15) is 11.6 Å². The van der Waals surface area contributed by atoms with Crippen LogP contribution in [0, 0.1) is 0 Å². The minimum absolute atomic E-state index is 0.127. The molecule has 5 aromatic carbocycles. The second kappa shape index (κ2) is 18.1. The zero-order valence-electron chi connectivity index (χ0n) is 38.7. The highest BCUT2D eigenvalue weighted by atomic mass is 15.2. The van der Waals surface area contributed by atoms with E-state index in [0.29, 0.717) is 11.8 Å². The predicted octanol–water partition coefficient (Wildman–Crippen LogP) is 14.4. The van der Waals surface area contributed by atoms with Crippen molar-refractivity contribution in [1.29, 1.82) is 0 Å². The quantitative estimate of drug-likeness (QED) is 0.123. The lowest BCUT2D eigenvalue weighted by Gasteiger charge is -2.36. The van der Waals surface area contributed by atoms with Gasteiger partial charge in [-0.05, 0) is 113 Å². The number of imidazole rings is 2. The summed E-state index contributed by atoms with van der Waals surface area (Å²) in [4.78, 5) is 15.6. The van der Waals surface area contributed by atoms with Crippen molar-refractivity contribution in [3.8, 4) is 45.3 Å². The molecule has 2 aliphatic heterocycles. The van der Waals surface area contributed by atoms with E-state index in [9.17, 15) is 0 Å². The Morgan fingerprint density at radius 1 is 0.476 bits per heavy atom. The van der Waals surface area contributed by atoms with Crippen LogP contribution in [0.15, 0.2) is 134 Å². The highest BCUT2D eigenvalue weighted by Gasteiger charge is 2.35. The molecule has 4 heterocycles. The van der Waals surface area contributed by atoms with E-state index >= 15 is 0 Å². The third kappa shape index (κ3) is 8.14. The van der Waals surface area contributed by atoms with Gasteiger partial charge < -0.3 is 9.80 Å². The third-order valence-electron chi connectivity index (χ3n) is 14.3. The van der Waals surface area contributed by atoms with Gasteiger partial charge in [-0.1, -0.05) is 139 Å². The smallest absolute Gasteiger partial charge is 0.144 e. The molecule has 0 aliphatic carbocycles. The van der Waals surface area contributed by atoms with Gasteiger partial charge in [-0.25, -0.2) is 9.97 Å². The molecule has 0 bridgehead atoms. The van der Waals surface area contributed by atoms with Crippen LogP contribution in [0.25, 0.3) is 45.3 Å². The monoisotopic (exact) mass is 835 g/mol. The number of anilines is 2. The lowest BCUT2D eigenvalue weighted by molar-refractivity contribution is 0.438. The van der Waals surface area contributed by atoms with Gasteiger partial charge in [0, 0.05) is 62.1 Å². The summed E-state index contributed by atoms with van der Waals surface area (Å²) in [6.45, 7) is 20.9. The van der Waals surface area contributed by atoms with Crippen LogP contribution in [-0.4, -0.2) is 45.3 Å². The van der Waals surface area contributed by atoms with E-state index in [1.54, 1.807) is 0 Å². The van der Waals surface area contributed by atoms with Gasteiger partial charge in [-0.2, -0.15) is 0 Å². The standard InChI is InChI=1S/C57H66N6/c1-40(2)45-27-21-29-51(60-32-17-9-18-33-60)53(45)62-36-31-59-56(62)48-26-15-16-28-50(48)57(6,7)42(5)46-24-13-14-25-47(46)55-58-30-37-63(55)54-49(41(3)4)38-44(43-22-11-8-12-23-43)39-52(54)61-34-19-10-20-35-61/h8,11-16,21-31,36-42H,9-10,17-20,32-35H2,1-7H3. The second-order valence-electron chi connectivity index (χ2n) is 19.2. The van der Waals surface area contributed by atoms with Crippen molar-refractivity contribution in [3.05, 3.63) is 156 Å². The number of para-hydroxylation sites is 1. The summed E-state index contributed by atoms with van der Waals surface area (Å²) < 4.78 is 4.79. The van der Waals surface area contributed by atoms with Crippen molar-refractivity contribution in [2.45, 2.75) is 110 Å². The lowest BCUT2D eigenvalue weighted by atomic mass is 9.69. The van der Waals surface area contributed by atoms with Crippen LogP contribution in [0.3, 0.4) is 0 Å². The SMILES string of the molecule is CC(C)c1cc(-c2ccccc2)cc(N2CCCCC2)c1-n1ccnc1-c1ccccc1C(C)C(C)(C)c1ccccc1-c1nccn1-c1c(C(C)C)cccc1N1CCCCC1. The molecule has 2 fully saturated rings. The lowest BCUT2D eigenvalue weighted by Crippen LogP contribution is -2.31. The van der Waals surface area contributed by atoms with E-state index in [1.807, 2.05) is 12.4 Å². The number of hydrogen-bond donors (Lipinski definition) is 0. The summed E-state index contributed by atoms with van der Waals surface area (Å²) in [6.07, 6.45) is 15.9. The largest absolute Gasteiger partial charge is 0.370 e. The highest BCUT2D eigenvalue weighted by molar-refractivity contribution is 5.80. The van der Waals surface area contributed by atoms with Crippen LogP contribution in [-0.2, 0) is 5.41 Å². The fourth-order valence-electron chi connectivity index (χ4n) is 10.5. The van der Waals surface area contributed by atoms with E-state index in [0.717, 1.165) is 37.8 Å². The number of piperidine rings is 2. The summed E-state index contributed by atoms with van der Waals surface area (Å²) in [5, 5.41) is 0. The molecular formula is C57H66N6. The van der Waals surface area contributed by atoms with Crippen LogP contribution >= 0.6 is 0 Å². The summed E-state index contributed by atoms with van der Waals surface area (Å²) in [7, 11) is 0. The van der Waals surface area contributed by atoms with Crippen LogP contribution in [0.4, 0.5) is 11.4 Å². The zero-order chi connectivity index (χ0) is 43.7. The fourth-order valence-corrected chi connectivity index (χ4v) is 10.5. The molecule has 0 spiro atoms. The van der Waals surface area contributed by atoms with Gasteiger partial charge in [-0.15, -0.1) is 0 Å². The van der Waals surface area contributed by atoms with E-state index in [4.69, 9.17) is 9.97 Å². The molecule has 63 heavy (non-hydrogen) atoms. The van der Waals surface area contributed by atoms with Crippen molar-refractivity contribution in [2.75, 3.05) is 36.0 Å². The maximum atomic E-state index is 5.23. The maximum absolute atomic E-state index is 5.23. The first-order valence-corrected chi connectivity index (χ1v) is 23.8. The molecule has 2 saturated heterocycles. The van der Waals surface area contributed by atoms with Crippen LogP contribution < -0.4 is 9.80 Å². The van der Waals surface area contributed by atoms with E-state index < -0.39 is 0 Å². The fraction of sp³-hybridized carbons (Fsp3) is 0.368.